The minimum Gasteiger partial charge on any atom is -0.342 e. The second-order valence-electron chi connectivity index (χ2n) is 7.57. The van der Waals surface area contributed by atoms with E-state index < -0.39 is 0 Å². The lowest BCUT2D eigenvalue weighted by Crippen LogP contribution is -2.23. The fraction of sp³-hybridized carbons (Fsp3) is 0.783. The van der Waals surface area contributed by atoms with Crippen LogP contribution in [0, 0.1) is 0 Å². The zero-order chi connectivity index (χ0) is 18.7. The standard InChI is InChI=1S/C23H43N2O/c1-3-4-5-6-7-8-9-10-11-12-13-14-15-16-17-18-21-26-23-25-20-19-24(2)22-25/h10-11,19-20,22H,3-9,12-18,21,23H2,1-2H3/q+1/b11-10-. The minimum absolute atomic E-state index is 0.673. The van der Waals surface area contributed by atoms with Gasteiger partial charge in [-0.2, -0.15) is 0 Å². The van der Waals surface area contributed by atoms with Crippen LogP contribution in [0.25, 0.3) is 0 Å². The molecule has 26 heavy (non-hydrogen) atoms. The molecule has 0 spiro atoms. The van der Waals surface area contributed by atoms with Crippen molar-refractivity contribution in [3.8, 4) is 0 Å². The molecule has 1 aromatic heterocycles. The van der Waals surface area contributed by atoms with Crippen molar-refractivity contribution in [2.75, 3.05) is 6.61 Å². The van der Waals surface area contributed by atoms with Crippen molar-refractivity contribution in [3.63, 3.8) is 0 Å². The second-order valence-corrected chi connectivity index (χ2v) is 7.57. The fourth-order valence-corrected chi connectivity index (χ4v) is 3.20. The maximum Gasteiger partial charge on any atom is 0.245 e. The molecule has 1 heterocycles. The van der Waals surface area contributed by atoms with Crippen molar-refractivity contribution in [1.29, 1.82) is 0 Å². The normalized spacial score (nSPS) is 11.6. The van der Waals surface area contributed by atoms with Crippen LogP contribution in [-0.2, 0) is 18.5 Å². The van der Waals surface area contributed by atoms with Crippen LogP contribution < -0.4 is 4.57 Å². The summed E-state index contributed by atoms with van der Waals surface area (Å²) in [6.07, 6.45) is 29.8. The maximum atomic E-state index is 5.69. The Bertz CT molecular complexity index is 439. The number of rotatable bonds is 18. The largest absolute Gasteiger partial charge is 0.342 e. The fourth-order valence-electron chi connectivity index (χ4n) is 3.20. The molecule has 0 N–H and O–H groups in total. The van der Waals surface area contributed by atoms with E-state index in [1.54, 1.807) is 0 Å². The molecule has 0 atom stereocenters. The highest BCUT2D eigenvalue weighted by molar-refractivity contribution is 4.81. The van der Waals surface area contributed by atoms with Crippen LogP contribution in [0.5, 0.6) is 0 Å². The zero-order valence-electron chi connectivity index (χ0n) is 17.5. The number of hydrogen-bond donors (Lipinski definition) is 0. The predicted molar refractivity (Wildman–Crippen MR) is 111 cm³/mol. The van der Waals surface area contributed by atoms with E-state index in [1.807, 2.05) is 30.3 Å². The first-order chi connectivity index (χ1) is 12.8. The third kappa shape index (κ3) is 14.1. The average molecular weight is 364 g/mol. The zero-order valence-corrected chi connectivity index (χ0v) is 17.5. The van der Waals surface area contributed by atoms with E-state index >= 15 is 0 Å². The van der Waals surface area contributed by atoms with Gasteiger partial charge < -0.3 is 4.74 Å². The molecule has 0 amide bonds. The molecule has 0 saturated carbocycles. The molecule has 0 fully saturated rings. The Balaban J connectivity index is 1.73. The van der Waals surface area contributed by atoms with Crippen molar-refractivity contribution in [3.05, 3.63) is 30.9 Å². The van der Waals surface area contributed by atoms with Gasteiger partial charge in [0.2, 0.25) is 6.33 Å². The molecule has 0 aliphatic heterocycles. The Morgan fingerprint density at radius 3 is 1.96 bits per heavy atom. The summed E-state index contributed by atoms with van der Waals surface area (Å²) in [6.45, 7) is 3.83. The number of aromatic nitrogens is 2. The molecule has 0 saturated heterocycles. The first kappa shape index (κ1) is 23.0. The van der Waals surface area contributed by atoms with Gasteiger partial charge in [0.15, 0.2) is 6.73 Å². The summed E-state index contributed by atoms with van der Waals surface area (Å²) >= 11 is 0. The van der Waals surface area contributed by atoms with Gasteiger partial charge in [0.25, 0.3) is 0 Å². The molecule has 0 aromatic carbocycles. The van der Waals surface area contributed by atoms with Crippen LogP contribution in [0.1, 0.15) is 96.8 Å². The number of ether oxygens (including phenoxy) is 1. The van der Waals surface area contributed by atoms with Gasteiger partial charge in [-0.3, -0.25) is 0 Å². The third-order valence-electron chi connectivity index (χ3n) is 4.86. The smallest absolute Gasteiger partial charge is 0.245 e. The number of aryl methyl sites for hydroxylation is 1. The van der Waals surface area contributed by atoms with Crippen molar-refractivity contribution in [2.24, 2.45) is 7.05 Å². The van der Waals surface area contributed by atoms with Gasteiger partial charge in [0, 0.05) is 0 Å². The lowest BCUT2D eigenvalue weighted by molar-refractivity contribution is -0.671. The first-order valence-electron chi connectivity index (χ1n) is 11.1. The van der Waals surface area contributed by atoms with Crippen molar-refractivity contribution in [1.82, 2.24) is 4.57 Å². The van der Waals surface area contributed by atoms with E-state index in [1.165, 1.54) is 89.9 Å². The van der Waals surface area contributed by atoms with Gasteiger partial charge >= 0.3 is 0 Å². The molecule has 0 aliphatic rings. The molecular formula is C23H43N2O+. The number of nitrogens with zero attached hydrogens (tertiary/aromatic N) is 2. The summed E-state index contributed by atoms with van der Waals surface area (Å²) in [5.41, 5.74) is 0. The average Bonchev–Trinajstić information content (AvgIpc) is 3.06. The van der Waals surface area contributed by atoms with Crippen LogP contribution in [0.4, 0.5) is 0 Å². The van der Waals surface area contributed by atoms with Gasteiger partial charge in [-0.25, -0.2) is 9.13 Å². The molecule has 0 bridgehead atoms. The van der Waals surface area contributed by atoms with E-state index in [-0.39, 0.29) is 0 Å². The molecular weight excluding hydrogens is 320 g/mol. The topological polar surface area (TPSA) is 18.0 Å². The molecule has 3 nitrogen and oxygen atoms in total. The highest BCUT2D eigenvalue weighted by Crippen LogP contribution is 2.10. The lowest BCUT2D eigenvalue weighted by Gasteiger charge is -2.02. The Kier molecular flexibility index (Phi) is 15.3. The van der Waals surface area contributed by atoms with Crippen molar-refractivity contribution >= 4 is 0 Å². The van der Waals surface area contributed by atoms with Crippen LogP contribution in [-0.4, -0.2) is 11.2 Å². The van der Waals surface area contributed by atoms with E-state index in [0.717, 1.165) is 6.61 Å². The van der Waals surface area contributed by atoms with Crippen LogP contribution in [0.2, 0.25) is 0 Å². The summed E-state index contributed by atoms with van der Waals surface area (Å²) in [5.74, 6) is 0. The molecule has 0 unspecified atom stereocenters. The predicted octanol–water partition coefficient (Wildman–Crippen LogP) is 6.32. The molecule has 1 aromatic rings. The summed E-state index contributed by atoms with van der Waals surface area (Å²) in [5, 5.41) is 0. The highest BCUT2D eigenvalue weighted by Gasteiger charge is 1.99. The second kappa shape index (κ2) is 17.3. The highest BCUT2D eigenvalue weighted by atomic mass is 16.5. The van der Waals surface area contributed by atoms with Crippen molar-refractivity contribution in [2.45, 2.75) is 104 Å². The summed E-state index contributed by atoms with van der Waals surface area (Å²) in [7, 11) is 2.03. The number of allylic oxidation sites excluding steroid dienone is 2. The van der Waals surface area contributed by atoms with E-state index in [4.69, 9.17) is 4.74 Å². The summed E-state index contributed by atoms with van der Waals surface area (Å²) in [4.78, 5) is 0. The number of hydrogen-bond acceptors (Lipinski definition) is 1. The van der Waals surface area contributed by atoms with Gasteiger partial charge in [-0.15, -0.1) is 0 Å². The van der Waals surface area contributed by atoms with Gasteiger partial charge in [-0.1, -0.05) is 76.9 Å². The molecule has 0 radical (unpaired) electrons. The number of unbranched alkanes of at least 4 members (excludes halogenated alkanes) is 12. The quantitative estimate of drug-likeness (QED) is 0.169. The minimum atomic E-state index is 0.673. The number of imidazole rings is 1. The van der Waals surface area contributed by atoms with E-state index in [0.29, 0.717) is 6.73 Å². The van der Waals surface area contributed by atoms with Gasteiger partial charge in [-0.05, 0) is 32.1 Å². The Morgan fingerprint density at radius 2 is 1.38 bits per heavy atom. The Labute approximate surface area is 162 Å². The monoisotopic (exact) mass is 363 g/mol. The van der Waals surface area contributed by atoms with Gasteiger partial charge in [0.05, 0.1) is 13.7 Å². The third-order valence-corrected chi connectivity index (χ3v) is 4.86. The SMILES string of the molecule is CCCCCCCC/C=C\CCCCCCCCOCn1cc[n+](C)c1. The maximum absolute atomic E-state index is 5.69. The van der Waals surface area contributed by atoms with Gasteiger partial charge in [0.1, 0.15) is 12.4 Å². The molecule has 3 heteroatoms. The first-order valence-corrected chi connectivity index (χ1v) is 11.1. The van der Waals surface area contributed by atoms with E-state index in [2.05, 4.69) is 23.6 Å². The molecule has 1 rings (SSSR count). The van der Waals surface area contributed by atoms with Crippen LogP contribution in [0.3, 0.4) is 0 Å². The van der Waals surface area contributed by atoms with Crippen LogP contribution in [0.15, 0.2) is 30.9 Å². The Morgan fingerprint density at radius 1 is 0.808 bits per heavy atom. The van der Waals surface area contributed by atoms with Crippen LogP contribution >= 0.6 is 0 Å². The molecule has 150 valence electrons. The van der Waals surface area contributed by atoms with E-state index in [9.17, 15) is 0 Å². The molecule has 0 aliphatic carbocycles. The summed E-state index contributed by atoms with van der Waals surface area (Å²) < 4.78 is 9.80. The Hall–Kier alpha value is -1.09. The summed E-state index contributed by atoms with van der Waals surface area (Å²) in [6, 6.07) is 0. The van der Waals surface area contributed by atoms with Crippen molar-refractivity contribution < 1.29 is 9.30 Å². The lowest BCUT2D eigenvalue weighted by atomic mass is 10.1.